The molecule has 0 aliphatic carbocycles. The van der Waals surface area contributed by atoms with Crippen LogP contribution < -0.4 is 16.0 Å². The smallest absolute Gasteiger partial charge is 0.508 e. The van der Waals surface area contributed by atoms with Crippen LogP contribution in [0.5, 0.6) is 0 Å². The second-order valence-electron chi connectivity index (χ2n) is 9.95. The Morgan fingerprint density at radius 1 is 0.952 bits per heavy atom. The number of amides is 3. The van der Waals surface area contributed by atoms with Gasteiger partial charge >= 0.3 is 13.1 Å². The van der Waals surface area contributed by atoms with E-state index in [0.29, 0.717) is 5.69 Å². The van der Waals surface area contributed by atoms with E-state index in [1.54, 1.807) is 12.1 Å². The van der Waals surface area contributed by atoms with Crippen molar-refractivity contribution in [2.45, 2.75) is 58.1 Å². The van der Waals surface area contributed by atoms with Crippen LogP contribution in [-0.4, -0.2) is 83.7 Å². The monoisotopic (exact) mass is 584 g/mol. The van der Waals surface area contributed by atoms with Crippen molar-refractivity contribution < 1.29 is 43.5 Å². The number of nitrogens with zero attached hydrogens (tertiary/aromatic N) is 1. The lowest BCUT2D eigenvalue weighted by atomic mass is 9.73. The fourth-order valence-electron chi connectivity index (χ4n) is 3.83. The Balaban J connectivity index is 2.25. The number of carbonyl (C=O) groups is 5. The minimum atomic E-state index is -1.47. The summed E-state index contributed by atoms with van der Waals surface area (Å²) in [4.78, 5) is 65.9. The van der Waals surface area contributed by atoms with Crippen molar-refractivity contribution in [3.05, 3.63) is 54.2 Å². The average Bonchev–Trinajstić information content (AvgIpc) is 2.96. The largest absolute Gasteiger partial charge is 0.551 e. The number of benzene rings is 1. The molecule has 2 rings (SSSR count). The third kappa shape index (κ3) is 11.3. The number of carbonyl (C=O) groups excluding carboxylic acids is 4. The molecule has 3 atom stereocenters. The second kappa shape index (κ2) is 16.8. The Bertz CT molecular complexity index is 1230. The molecule has 1 aromatic heterocycles. The molecule has 13 nitrogen and oxygen atoms in total. The first-order valence-electron chi connectivity index (χ1n) is 13.5. The number of nitrogens with one attached hydrogen (secondary N) is 3. The van der Waals surface area contributed by atoms with Gasteiger partial charge in [-0.2, -0.15) is 0 Å². The maximum absolute atomic E-state index is 13.4. The minimum Gasteiger partial charge on any atom is -0.508 e. The van der Waals surface area contributed by atoms with Crippen molar-refractivity contribution >= 4 is 36.8 Å². The first kappa shape index (κ1) is 33.9. The van der Waals surface area contributed by atoms with E-state index in [9.17, 15) is 29.1 Å². The third-order valence-corrected chi connectivity index (χ3v) is 5.93. The van der Waals surface area contributed by atoms with Crippen LogP contribution in [0.15, 0.2) is 48.5 Å². The van der Waals surface area contributed by atoms with E-state index in [1.165, 1.54) is 20.0 Å². The Morgan fingerprint density at radius 2 is 1.64 bits per heavy atom. The van der Waals surface area contributed by atoms with Crippen molar-refractivity contribution in [3.8, 4) is 11.3 Å². The molecule has 0 fully saturated rings. The van der Waals surface area contributed by atoms with Crippen LogP contribution in [0, 0.1) is 5.92 Å². The number of hydrogen-bond donors (Lipinski definition) is 5. The summed E-state index contributed by atoms with van der Waals surface area (Å²) in [7, 11) is -0.0858. The maximum Gasteiger partial charge on any atom is 0.551 e. The molecule has 1 aromatic carbocycles. The van der Waals surface area contributed by atoms with Gasteiger partial charge in [-0.1, -0.05) is 50.2 Å². The lowest BCUT2D eigenvalue weighted by Gasteiger charge is -2.28. The summed E-state index contributed by atoms with van der Waals surface area (Å²) in [5.41, 5.74) is 1.35. The molecule has 0 aliphatic rings. The van der Waals surface area contributed by atoms with Crippen LogP contribution >= 0.6 is 0 Å². The summed E-state index contributed by atoms with van der Waals surface area (Å²) in [6.07, 6.45) is -2.08. The van der Waals surface area contributed by atoms with Crippen LogP contribution in [0.3, 0.4) is 0 Å². The number of aliphatic hydroxyl groups is 1. The molecule has 1 heterocycles. The molecule has 226 valence electrons. The van der Waals surface area contributed by atoms with Crippen molar-refractivity contribution in [2.24, 2.45) is 5.92 Å². The molecule has 2 aromatic rings. The first-order chi connectivity index (χ1) is 19.9. The van der Waals surface area contributed by atoms with Crippen LogP contribution in [0.1, 0.15) is 50.5 Å². The molecule has 0 saturated carbocycles. The number of aliphatic hydroxyl groups excluding tert-OH is 1. The van der Waals surface area contributed by atoms with Gasteiger partial charge in [0.25, 0.3) is 11.9 Å². The lowest BCUT2D eigenvalue weighted by molar-refractivity contribution is -0.143. The molecule has 0 aliphatic heterocycles. The van der Waals surface area contributed by atoms with Crippen molar-refractivity contribution in [2.75, 3.05) is 13.7 Å². The molecule has 1 unspecified atom stereocenters. The first-order valence-corrected chi connectivity index (χ1v) is 13.5. The summed E-state index contributed by atoms with van der Waals surface area (Å²) >= 11 is 0. The number of carboxylic acids is 1. The highest BCUT2D eigenvalue weighted by molar-refractivity contribution is 6.49. The normalized spacial score (nSPS) is 12.9. The van der Waals surface area contributed by atoms with E-state index in [1.807, 2.05) is 44.2 Å². The third-order valence-electron chi connectivity index (χ3n) is 5.93. The highest BCUT2D eigenvalue weighted by Crippen LogP contribution is 2.17. The standard InChI is InChI=1S/C28H37BN4O9/c1-17(2)15-22(29(41-16-23(35)30-4)42-25(38)14-13-24(36)37)32-28(40)26(18(3)34)33-27(39)21-12-8-11-20(31-21)19-9-6-5-7-10-19/h5-12,17-18,22,26,34H,13-16H2,1-4H3,(H,30,35)(H,32,40)(H,33,39)(H,36,37)/t18-,22+,26?/m1/s1. The summed E-state index contributed by atoms with van der Waals surface area (Å²) in [6, 6.07) is 12.6. The zero-order valence-electron chi connectivity index (χ0n) is 24.0. The fourth-order valence-corrected chi connectivity index (χ4v) is 3.83. The predicted molar refractivity (Wildman–Crippen MR) is 153 cm³/mol. The van der Waals surface area contributed by atoms with E-state index < -0.39 is 74.3 Å². The Kier molecular flexibility index (Phi) is 13.6. The quantitative estimate of drug-likeness (QED) is 0.178. The SMILES string of the molecule is CNC(=O)COB(OC(=O)CCC(=O)O)[C@H](CC(C)C)NC(=O)C(NC(=O)c1cccc(-c2ccccc2)n1)[C@@H](C)O. The summed E-state index contributed by atoms with van der Waals surface area (Å²) in [5.74, 6) is -5.25. The molecule has 3 amide bonds. The zero-order valence-corrected chi connectivity index (χ0v) is 24.0. The van der Waals surface area contributed by atoms with E-state index in [-0.39, 0.29) is 18.0 Å². The Morgan fingerprint density at radius 3 is 2.24 bits per heavy atom. The van der Waals surface area contributed by atoms with Gasteiger partial charge in [-0.15, -0.1) is 0 Å². The number of pyridine rings is 1. The van der Waals surface area contributed by atoms with Crippen LogP contribution in [0.25, 0.3) is 11.3 Å². The Labute approximate surface area is 244 Å². The summed E-state index contributed by atoms with van der Waals surface area (Å²) in [6.45, 7) is 4.47. The van der Waals surface area contributed by atoms with Gasteiger partial charge in [-0.05, 0) is 31.4 Å². The highest BCUT2D eigenvalue weighted by Gasteiger charge is 2.39. The van der Waals surface area contributed by atoms with Gasteiger partial charge in [0.2, 0.25) is 11.8 Å². The average molecular weight is 584 g/mol. The van der Waals surface area contributed by atoms with Crippen LogP contribution in [-0.2, 0) is 28.5 Å². The number of carboxylic acid groups (broad SMARTS) is 1. The number of rotatable bonds is 16. The summed E-state index contributed by atoms with van der Waals surface area (Å²) in [5, 5.41) is 26.8. The molecule has 0 saturated heterocycles. The van der Waals surface area contributed by atoms with Crippen LogP contribution in [0.2, 0.25) is 0 Å². The van der Waals surface area contributed by atoms with Gasteiger partial charge in [-0.25, -0.2) is 4.98 Å². The van der Waals surface area contributed by atoms with Crippen LogP contribution in [0.4, 0.5) is 0 Å². The topological polar surface area (TPSA) is 193 Å². The second-order valence-corrected chi connectivity index (χ2v) is 9.95. The number of aromatic nitrogens is 1. The van der Waals surface area contributed by atoms with E-state index in [4.69, 9.17) is 14.4 Å². The number of hydrogen-bond acceptors (Lipinski definition) is 9. The van der Waals surface area contributed by atoms with E-state index in [2.05, 4.69) is 20.9 Å². The molecule has 0 bridgehead atoms. The summed E-state index contributed by atoms with van der Waals surface area (Å²) < 4.78 is 10.8. The van der Waals surface area contributed by atoms with Gasteiger partial charge in [-0.3, -0.25) is 24.0 Å². The molecule has 14 heteroatoms. The van der Waals surface area contributed by atoms with E-state index >= 15 is 0 Å². The molecule has 42 heavy (non-hydrogen) atoms. The molecular formula is C28H37BN4O9. The van der Waals surface area contributed by atoms with Gasteiger partial charge in [0.05, 0.1) is 30.6 Å². The molecular weight excluding hydrogens is 547 g/mol. The minimum absolute atomic E-state index is 0.0210. The van der Waals surface area contributed by atoms with Crippen molar-refractivity contribution in [3.63, 3.8) is 0 Å². The molecule has 0 radical (unpaired) electrons. The molecule has 5 N–H and O–H groups in total. The zero-order chi connectivity index (χ0) is 31.2. The maximum atomic E-state index is 13.4. The van der Waals surface area contributed by atoms with Gasteiger partial charge in [0, 0.05) is 12.6 Å². The molecule has 0 spiro atoms. The predicted octanol–water partition coefficient (Wildman–Crippen LogP) is 0.957. The van der Waals surface area contributed by atoms with E-state index in [0.717, 1.165) is 5.56 Å². The lowest BCUT2D eigenvalue weighted by Crippen LogP contribution is -2.59. The van der Waals surface area contributed by atoms with Crippen molar-refractivity contribution in [1.29, 1.82) is 0 Å². The van der Waals surface area contributed by atoms with Crippen molar-refractivity contribution in [1.82, 2.24) is 20.9 Å². The number of likely N-dealkylation sites (N-methyl/N-ethyl adjacent to an activating group) is 1. The van der Waals surface area contributed by atoms with Gasteiger partial charge in [0.1, 0.15) is 18.3 Å². The number of aliphatic carboxylic acids is 1. The van der Waals surface area contributed by atoms with Gasteiger partial charge < -0.3 is 35.5 Å². The fraction of sp³-hybridized carbons (Fsp3) is 0.429. The highest BCUT2D eigenvalue weighted by atomic mass is 16.6. The Hall–Kier alpha value is -4.30. The van der Waals surface area contributed by atoms with Gasteiger partial charge in [0.15, 0.2) is 0 Å².